The lowest BCUT2D eigenvalue weighted by atomic mass is 10.1. The molecule has 1 N–H and O–H groups in total. The van der Waals surface area contributed by atoms with Crippen LogP contribution < -0.4 is 10.1 Å². The SMILES string of the molecule is CCC(CC)Nc1cc(Oc2ccc(Cl)cc2Cl)ccc1[N+](=O)[O-]. The number of nitrogens with zero attached hydrogens (tertiary/aromatic N) is 1. The van der Waals surface area contributed by atoms with Crippen molar-refractivity contribution in [3.05, 3.63) is 56.6 Å². The van der Waals surface area contributed by atoms with Gasteiger partial charge in [-0.25, -0.2) is 0 Å². The molecule has 2 aromatic carbocycles. The van der Waals surface area contributed by atoms with Crippen LogP contribution in [-0.2, 0) is 0 Å². The maximum Gasteiger partial charge on any atom is 0.292 e. The first-order valence-electron chi connectivity index (χ1n) is 7.62. The molecule has 0 unspecified atom stereocenters. The number of halogens is 2. The summed E-state index contributed by atoms with van der Waals surface area (Å²) in [4.78, 5) is 10.8. The van der Waals surface area contributed by atoms with Crippen molar-refractivity contribution >= 4 is 34.6 Å². The van der Waals surface area contributed by atoms with Crippen molar-refractivity contribution < 1.29 is 9.66 Å². The van der Waals surface area contributed by atoms with E-state index in [1.54, 1.807) is 30.3 Å². The van der Waals surface area contributed by atoms with Crippen molar-refractivity contribution in [3.63, 3.8) is 0 Å². The largest absolute Gasteiger partial charge is 0.456 e. The molecule has 0 radical (unpaired) electrons. The van der Waals surface area contributed by atoms with Crippen molar-refractivity contribution in [2.75, 3.05) is 5.32 Å². The smallest absolute Gasteiger partial charge is 0.292 e. The summed E-state index contributed by atoms with van der Waals surface area (Å²) in [5.74, 6) is 0.890. The van der Waals surface area contributed by atoms with Gasteiger partial charge in [-0.2, -0.15) is 0 Å². The number of anilines is 1. The summed E-state index contributed by atoms with van der Waals surface area (Å²) in [6, 6.07) is 9.62. The number of nitrogens with one attached hydrogen (secondary N) is 1. The topological polar surface area (TPSA) is 64.4 Å². The maximum absolute atomic E-state index is 11.2. The minimum Gasteiger partial charge on any atom is -0.456 e. The Labute approximate surface area is 150 Å². The van der Waals surface area contributed by atoms with Crippen molar-refractivity contribution in [2.24, 2.45) is 0 Å². The average molecular weight is 369 g/mol. The number of benzene rings is 2. The van der Waals surface area contributed by atoms with Crippen LogP contribution in [0.15, 0.2) is 36.4 Å². The molecule has 0 aliphatic rings. The highest BCUT2D eigenvalue weighted by Gasteiger charge is 2.17. The number of rotatable bonds is 7. The lowest BCUT2D eigenvalue weighted by molar-refractivity contribution is -0.384. The van der Waals surface area contributed by atoms with Gasteiger partial charge in [-0.15, -0.1) is 0 Å². The van der Waals surface area contributed by atoms with Crippen LogP contribution in [0.4, 0.5) is 11.4 Å². The number of nitro groups is 1. The highest BCUT2D eigenvalue weighted by molar-refractivity contribution is 6.35. The highest BCUT2D eigenvalue weighted by atomic mass is 35.5. The van der Waals surface area contributed by atoms with Gasteiger partial charge in [-0.3, -0.25) is 10.1 Å². The Kier molecular flexibility index (Phi) is 6.29. The van der Waals surface area contributed by atoms with Crippen LogP contribution in [0.2, 0.25) is 10.0 Å². The molecule has 24 heavy (non-hydrogen) atoms. The summed E-state index contributed by atoms with van der Waals surface area (Å²) in [6.45, 7) is 4.06. The monoisotopic (exact) mass is 368 g/mol. The van der Waals surface area contributed by atoms with Gasteiger partial charge in [0.15, 0.2) is 0 Å². The molecule has 0 fully saturated rings. The van der Waals surface area contributed by atoms with Crippen LogP contribution in [0, 0.1) is 10.1 Å². The first kappa shape index (κ1) is 18.4. The zero-order valence-corrected chi connectivity index (χ0v) is 14.9. The molecule has 0 spiro atoms. The molecule has 5 nitrogen and oxygen atoms in total. The summed E-state index contributed by atoms with van der Waals surface area (Å²) in [5, 5.41) is 15.3. The molecular weight excluding hydrogens is 351 g/mol. The summed E-state index contributed by atoms with van der Waals surface area (Å²) in [6.07, 6.45) is 1.73. The summed E-state index contributed by atoms with van der Waals surface area (Å²) >= 11 is 12.0. The molecule has 0 aliphatic heterocycles. The van der Waals surface area contributed by atoms with Crippen molar-refractivity contribution in [1.29, 1.82) is 0 Å². The van der Waals surface area contributed by atoms with Gasteiger partial charge >= 0.3 is 0 Å². The lowest BCUT2D eigenvalue weighted by Crippen LogP contribution is -2.17. The summed E-state index contributed by atoms with van der Waals surface area (Å²) in [7, 11) is 0. The van der Waals surface area contributed by atoms with Crippen LogP contribution in [0.25, 0.3) is 0 Å². The van der Waals surface area contributed by atoms with E-state index in [9.17, 15) is 10.1 Å². The third-order valence-electron chi connectivity index (χ3n) is 3.63. The molecule has 0 bridgehead atoms. The van der Waals surface area contributed by atoms with Gasteiger partial charge in [0.05, 0.1) is 9.95 Å². The van der Waals surface area contributed by atoms with E-state index < -0.39 is 4.92 Å². The molecule has 0 atom stereocenters. The van der Waals surface area contributed by atoms with Crippen molar-refractivity contribution in [3.8, 4) is 11.5 Å². The zero-order chi connectivity index (χ0) is 17.7. The van der Waals surface area contributed by atoms with E-state index in [0.29, 0.717) is 27.2 Å². The van der Waals surface area contributed by atoms with E-state index in [1.165, 1.54) is 6.07 Å². The molecule has 7 heteroatoms. The molecule has 0 saturated carbocycles. The second-order valence-corrected chi connectivity index (χ2v) is 6.11. The maximum atomic E-state index is 11.2. The summed E-state index contributed by atoms with van der Waals surface area (Å²) < 4.78 is 5.74. The Morgan fingerprint density at radius 3 is 2.46 bits per heavy atom. The second-order valence-electron chi connectivity index (χ2n) is 5.27. The van der Waals surface area contributed by atoms with Gasteiger partial charge in [0.25, 0.3) is 5.69 Å². The number of ether oxygens (including phenoxy) is 1. The van der Waals surface area contributed by atoms with Crippen LogP contribution in [0.3, 0.4) is 0 Å². The molecule has 0 saturated heterocycles. The number of hydrogen-bond donors (Lipinski definition) is 1. The Bertz CT molecular complexity index is 734. The first-order valence-corrected chi connectivity index (χ1v) is 8.38. The zero-order valence-electron chi connectivity index (χ0n) is 13.4. The van der Waals surface area contributed by atoms with Gasteiger partial charge in [-0.1, -0.05) is 37.0 Å². The van der Waals surface area contributed by atoms with E-state index in [-0.39, 0.29) is 11.7 Å². The fourth-order valence-corrected chi connectivity index (χ4v) is 2.70. The van der Waals surface area contributed by atoms with E-state index in [0.717, 1.165) is 12.8 Å². The van der Waals surface area contributed by atoms with E-state index >= 15 is 0 Å². The predicted molar refractivity (Wildman–Crippen MR) is 97.6 cm³/mol. The Morgan fingerprint density at radius 2 is 1.88 bits per heavy atom. The van der Waals surface area contributed by atoms with E-state index in [1.807, 2.05) is 13.8 Å². The lowest BCUT2D eigenvalue weighted by Gasteiger charge is -2.17. The molecule has 0 aromatic heterocycles. The van der Waals surface area contributed by atoms with Gasteiger partial charge in [0, 0.05) is 23.2 Å². The standard InChI is InChI=1S/C17H18Cl2N2O3/c1-3-12(4-2)20-15-10-13(6-7-16(15)21(22)23)24-17-8-5-11(18)9-14(17)19/h5-10,12,20H,3-4H2,1-2H3. The first-order chi connectivity index (χ1) is 11.4. The van der Waals surface area contributed by atoms with Crippen LogP contribution >= 0.6 is 23.2 Å². The van der Waals surface area contributed by atoms with Crippen molar-refractivity contribution in [1.82, 2.24) is 0 Å². The van der Waals surface area contributed by atoms with E-state index in [2.05, 4.69) is 5.32 Å². The van der Waals surface area contributed by atoms with Gasteiger partial charge in [-0.05, 0) is 37.1 Å². The van der Waals surface area contributed by atoms with Crippen LogP contribution in [0.1, 0.15) is 26.7 Å². The second kappa shape index (κ2) is 8.22. The Morgan fingerprint density at radius 1 is 1.17 bits per heavy atom. The Hall–Kier alpha value is -1.98. The predicted octanol–water partition coefficient (Wildman–Crippen LogP) is 6.29. The fourth-order valence-electron chi connectivity index (χ4n) is 2.25. The highest BCUT2D eigenvalue weighted by Crippen LogP contribution is 2.35. The molecule has 0 aliphatic carbocycles. The van der Waals surface area contributed by atoms with Gasteiger partial charge < -0.3 is 10.1 Å². The molecule has 128 valence electrons. The molecular formula is C17H18Cl2N2O3. The van der Waals surface area contributed by atoms with Crippen molar-refractivity contribution in [2.45, 2.75) is 32.7 Å². The van der Waals surface area contributed by atoms with Gasteiger partial charge in [0.2, 0.25) is 0 Å². The van der Waals surface area contributed by atoms with Crippen LogP contribution in [-0.4, -0.2) is 11.0 Å². The minimum absolute atomic E-state index is 0.0106. The molecule has 0 heterocycles. The molecule has 0 amide bonds. The average Bonchev–Trinajstić information content (AvgIpc) is 2.55. The van der Waals surface area contributed by atoms with Crippen LogP contribution in [0.5, 0.6) is 11.5 Å². The Balaban J connectivity index is 2.32. The normalized spacial score (nSPS) is 10.7. The number of nitro benzene ring substituents is 1. The third-order valence-corrected chi connectivity index (χ3v) is 4.16. The molecule has 2 rings (SSSR count). The number of hydrogen-bond acceptors (Lipinski definition) is 4. The third kappa shape index (κ3) is 4.52. The quantitative estimate of drug-likeness (QED) is 0.460. The minimum atomic E-state index is -0.413. The molecule has 2 aromatic rings. The fraction of sp³-hybridized carbons (Fsp3) is 0.294. The van der Waals surface area contributed by atoms with E-state index in [4.69, 9.17) is 27.9 Å². The van der Waals surface area contributed by atoms with Gasteiger partial charge in [0.1, 0.15) is 17.2 Å². The summed E-state index contributed by atoms with van der Waals surface area (Å²) in [5.41, 5.74) is 0.438.